The Bertz CT molecular complexity index is 1010. The number of carbonyl (C=O) groups is 2. The van der Waals surface area contributed by atoms with Gasteiger partial charge in [-0.1, -0.05) is 37.3 Å². The second kappa shape index (κ2) is 9.24. The summed E-state index contributed by atoms with van der Waals surface area (Å²) in [7, 11) is 0. The lowest BCUT2D eigenvalue weighted by atomic mass is 9.79. The molecule has 8 heteroatoms. The normalized spacial score (nSPS) is 24.7. The van der Waals surface area contributed by atoms with E-state index in [9.17, 15) is 9.59 Å². The SMILES string of the molecule is CC1(C(=O)N2CCCC3(CC2)CN(Cc2ccccc2)C(=O)O3)CCN(c2ncccn2)CC1. The van der Waals surface area contributed by atoms with Crippen molar-refractivity contribution in [2.75, 3.05) is 37.6 Å². The van der Waals surface area contributed by atoms with E-state index in [0.29, 0.717) is 26.1 Å². The van der Waals surface area contributed by atoms with Gasteiger partial charge in [0.05, 0.1) is 6.54 Å². The monoisotopic (exact) mass is 463 g/mol. The number of piperidine rings is 1. The smallest absolute Gasteiger partial charge is 0.410 e. The van der Waals surface area contributed by atoms with Gasteiger partial charge in [-0.2, -0.15) is 0 Å². The summed E-state index contributed by atoms with van der Waals surface area (Å²) in [6.45, 7) is 6.14. The molecule has 1 aromatic carbocycles. The first kappa shape index (κ1) is 22.6. The summed E-state index contributed by atoms with van der Waals surface area (Å²) in [5.74, 6) is 0.959. The number of hydrogen-bond donors (Lipinski definition) is 0. The summed E-state index contributed by atoms with van der Waals surface area (Å²) in [5.41, 5.74) is 0.228. The number of ether oxygens (including phenoxy) is 1. The highest BCUT2D eigenvalue weighted by molar-refractivity contribution is 5.82. The molecule has 180 valence electrons. The number of benzene rings is 1. The number of rotatable bonds is 4. The molecule has 0 saturated carbocycles. The van der Waals surface area contributed by atoms with E-state index >= 15 is 0 Å². The van der Waals surface area contributed by atoms with E-state index in [-0.39, 0.29) is 17.4 Å². The Morgan fingerprint density at radius 3 is 2.44 bits per heavy atom. The van der Waals surface area contributed by atoms with Gasteiger partial charge in [-0.3, -0.25) is 9.69 Å². The number of nitrogens with zero attached hydrogens (tertiary/aromatic N) is 5. The first-order valence-corrected chi connectivity index (χ1v) is 12.3. The Morgan fingerprint density at radius 2 is 1.71 bits per heavy atom. The maximum absolute atomic E-state index is 13.6. The van der Waals surface area contributed by atoms with Crippen molar-refractivity contribution in [3.63, 3.8) is 0 Å². The molecule has 2 amide bonds. The molecule has 0 aliphatic carbocycles. The van der Waals surface area contributed by atoms with Crippen molar-refractivity contribution >= 4 is 17.9 Å². The van der Waals surface area contributed by atoms with Crippen LogP contribution in [0.1, 0.15) is 44.6 Å². The third kappa shape index (κ3) is 4.58. The molecule has 5 rings (SSSR count). The Balaban J connectivity index is 1.19. The van der Waals surface area contributed by atoms with Crippen molar-refractivity contribution < 1.29 is 14.3 Å². The zero-order valence-electron chi connectivity index (χ0n) is 19.9. The molecular weight excluding hydrogens is 430 g/mol. The molecule has 0 radical (unpaired) electrons. The van der Waals surface area contributed by atoms with Crippen molar-refractivity contribution in [2.45, 2.75) is 51.2 Å². The molecule has 0 N–H and O–H groups in total. The predicted molar refractivity (Wildman–Crippen MR) is 128 cm³/mol. The minimum absolute atomic E-state index is 0.226. The average molecular weight is 464 g/mol. The molecule has 34 heavy (non-hydrogen) atoms. The van der Waals surface area contributed by atoms with E-state index in [0.717, 1.165) is 56.8 Å². The van der Waals surface area contributed by atoms with Crippen molar-refractivity contribution in [2.24, 2.45) is 5.41 Å². The number of hydrogen-bond acceptors (Lipinski definition) is 6. The average Bonchev–Trinajstić information content (AvgIpc) is 3.03. The van der Waals surface area contributed by atoms with E-state index in [1.54, 1.807) is 17.3 Å². The van der Waals surface area contributed by atoms with Gasteiger partial charge in [0, 0.05) is 57.0 Å². The Morgan fingerprint density at radius 1 is 0.971 bits per heavy atom. The molecule has 3 saturated heterocycles. The molecule has 3 aliphatic rings. The predicted octanol–water partition coefficient (Wildman–Crippen LogP) is 3.49. The van der Waals surface area contributed by atoms with Gasteiger partial charge < -0.3 is 14.5 Å². The minimum Gasteiger partial charge on any atom is -0.441 e. The molecule has 3 aliphatic heterocycles. The largest absolute Gasteiger partial charge is 0.441 e. The van der Waals surface area contributed by atoms with E-state index in [4.69, 9.17) is 4.74 Å². The first-order valence-electron chi connectivity index (χ1n) is 12.3. The quantitative estimate of drug-likeness (QED) is 0.691. The summed E-state index contributed by atoms with van der Waals surface area (Å²) in [4.78, 5) is 40.9. The van der Waals surface area contributed by atoms with Gasteiger partial charge in [0.25, 0.3) is 0 Å². The molecule has 2 aromatic rings. The highest BCUT2D eigenvalue weighted by atomic mass is 16.6. The van der Waals surface area contributed by atoms with Gasteiger partial charge in [0.15, 0.2) is 0 Å². The zero-order valence-corrected chi connectivity index (χ0v) is 19.9. The number of amides is 2. The second-order valence-electron chi connectivity index (χ2n) is 10.1. The Kier molecular flexibility index (Phi) is 6.15. The zero-order chi connectivity index (χ0) is 23.6. The van der Waals surface area contributed by atoms with E-state index in [1.165, 1.54) is 0 Å². The van der Waals surface area contributed by atoms with Crippen LogP contribution in [0.25, 0.3) is 0 Å². The number of likely N-dealkylation sites (tertiary alicyclic amines) is 1. The fourth-order valence-corrected chi connectivity index (χ4v) is 5.50. The van der Waals surface area contributed by atoms with Gasteiger partial charge in [0.1, 0.15) is 5.60 Å². The summed E-state index contributed by atoms with van der Waals surface area (Å²) in [6.07, 6.45) is 7.16. The van der Waals surface area contributed by atoms with Crippen LogP contribution < -0.4 is 4.90 Å². The maximum Gasteiger partial charge on any atom is 0.410 e. The van der Waals surface area contributed by atoms with Crippen LogP contribution in [-0.2, 0) is 16.1 Å². The van der Waals surface area contributed by atoms with Crippen molar-refractivity contribution in [1.29, 1.82) is 0 Å². The fourth-order valence-electron chi connectivity index (χ4n) is 5.50. The highest BCUT2D eigenvalue weighted by Crippen LogP contribution is 2.38. The number of carbonyl (C=O) groups excluding carboxylic acids is 2. The number of anilines is 1. The first-order chi connectivity index (χ1) is 16.5. The van der Waals surface area contributed by atoms with Crippen LogP contribution in [0.4, 0.5) is 10.7 Å². The standard InChI is InChI=1S/C26H33N5O3/c1-25(10-16-30(17-11-25)23-27-13-6-14-28-23)22(32)29-15-5-9-26(12-18-29)20-31(24(33)34-26)19-21-7-3-2-4-8-21/h2-4,6-8,13-14H,5,9-12,15-20H2,1H3. The Hall–Kier alpha value is -3.16. The molecule has 0 bridgehead atoms. The van der Waals surface area contributed by atoms with E-state index in [2.05, 4.69) is 21.8 Å². The minimum atomic E-state index is -0.490. The van der Waals surface area contributed by atoms with Crippen LogP contribution in [0.2, 0.25) is 0 Å². The van der Waals surface area contributed by atoms with Crippen LogP contribution in [0.5, 0.6) is 0 Å². The van der Waals surface area contributed by atoms with Crippen LogP contribution in [0, 0.1) is 5.41 Å². The summed E-state index contributed by atoms with van der Waals surface area (Å²) in [5, 5.41) is 0. The van der Waals surface area contributed by atoms with Crippen LogP contribution in [0.15, 0.2) is 48.8 Å². The van der Waals surface area contributed by atoms with Crippen LogP contribution >= 0.6 is 0 Å². The third-order valence-corrected chi connectivity index (χ3v) is 7.66. The van der Waals surface area contributed by atoms with E-state index in [1.807, 2.05) is 41.3 Å². The van der Waals surface area contributed by atoms with Gasteiger partial charge in [-0.25, -0.2) is 14.8 Å². The van der Waals surface area contributed by atoms with Crippen molar-refractivity contribution in [1.82, 2.24) is 19.8 Å². The van der Waals surface area contributed by atoms with Crippen molar-refractivity contribution in [3.8, 4) is 0 Å². The topological polar surface area (TPSA) is 78.9 Å². The maximum atomic E-state index is 13.6. The lowest BCUT2D eigenvalue weighted by Gasteiger charge is -2.41. The van der Waals surface area contributed by atoms with Crippen LogP contribution in [-0.4, -0.2) is 70.1 Å². The fraction of sp³-hybridized carbons (Fsp3) is 0.538. The number of aromatic nitrogens is 2. The highest BCUT2D eigenvalue weighted by Gasteiger charge is 2.47. The summed E-state index contributed by atoms with van der Waals surface area (Å²) >= 11 is 0. The van der Waals surface area contributed by atoms with Gasteiger partial charge in [-0.15, -0.1) is 0 Å². The molecule has 8 nitrogen and oxygen atoms in total. The van der Waals surface area contributed by atoms with Gasteiger partial charge in [-0.05, 0) is 37.3 Å². The summed E-state index contributed by atoms with van der Waals surface area (Å²) < 4.78 is 5.94. The lowest BCUT2D eigenvalue weighted by molar-refractivity contribution is -0.142. The third-order valence-electron chi connectivity index (χ3n) is 7.66. The molecule has 1 atom stereocenters. The van der Waals surface area contributed by atoms with Gasteiger partial charge >= 0.3 is 6.09 Å². The molecule has 1 spiro atoms. The second-order valence-corrected chi connectivity index (χ2v) is 10.1. The van der Waals surface area contributed by atoms with Crippen LogP contribution in [0.3, 0.4) is 0 Å². The molecule has 1 unspecified atom stereocenters. The molecule has 3 fully saturated rings. The molecule has 1 aromatic heterocycles. The summed E-state index contributed by atoms with van der Waals surface area (Å²) in [6, 6.07) is 11.8. The van der Waals surface area contributed by atoms with Gasteiger partial charge in [0.2, 0.25) is 11.9 Å². The lowest BCUT2D eigenvalue weighted by Crippen LogP contribution is -2.49. The Labute approximate surface area is 200 Å². The van der Waals surface area contributed by atoms with E-state index < -0.39 is 5.60 Å². The molecule has 4 heterocycles. The molecular formula is C26H33N5O3. The van der Waals surface area contributed by atoms with Crippen molar-refractivity contribution in [3.05, 3.63) is 54.4 Å².